The molecule has 16 heavy (non-hydrogen) atoms. The molecule has 0 aliphatic heterocycles. The van der Waals surface area contributed by atoms with Crippen LogP contribution in [0.1, 0.15) is 34.1 Å². The summed E-state index contributed by atoms with van der Waals surface area (Å²) in [7, 11) is 1.81. The molecule has 4 nitrogen and oxygen atoms in total. The second-order valence-corrected chi connectivity index (χ2v) is 5.17. The Kier molecular flexibility index (Phi) is 6.33. The van der Waals surface area contributed by atoms with E-state index in [2.05, 4.69) is 10.6 Å². The number of hydrogen-bond donors (Lipinski definition) is 2. The summed E-state index contributed by atoms with van der Waals surface area (Å²) in [6, 6.07) is 0. The summed E-state index contributed by atoms with van der Waals surface area (Å²) in [6.45, 7) is 8.11. The molecule has 0 aliphatic rings. The van der Waals surface area contributed by atoms with Gasteiger partial charge in [-0.15, -0.1) is 0 Å². The summed E-state index contributed by atoms with van der Waals surface area (Å²) < 4.78 is 5.11. The monoisotopic (exact) mass is 246 g/mol. The lowest BCUT2D eigenvalue weighted by Crippen LogP contribution is -2.34. The fourth-order valence-electron chi connectivity index (χ4n) is 1.08. The van der Waals surface area contributed by atoms with Crippen LogP contribution in [-0.4, -0.2) is 30.3 Å². The van der Waals surface area contributed by atoms with Crippen LogP contribution in [0.5, 0.6) is 0 Å². The molecule has 0 aromatic heterocycles. The highest BCUT2D eigenvalue weighted by Gasteiger charge is 2.16. The lowest BCUT2D eigenvalue weighted by Gasteiger charge is -2.20. The Labute approximate surface area is 103 Å². The highest BCUT2D eigenvalue weighted by atomic mass is 32.1. The standard InChI is InChI=1S/C11H22N2O2S/c1-8(9(16)12-5)6-7-13-10(14)15-11(2,3)4/h8H,6-7H2,1-5H3,(H,12,16)(H,13,14)/t8-/m0/s1. The van der Waals surface area contributed by atoms with Crippen LogP contribution in [0.3, 0.4) is 0 Å². The Morgan fingerprint density at radius 2 is 2.00 bits per heavy atom. The van der Waals surface area contributed by atoms with E-state index in [0.717, 1.165) is 11.4 Å². The van der Waals surface area contributed by atoms with Crippen LogP contribution in [0, 0.1) is 5.92 Å². The van der Waals surface area contributed by atoms with E-state index >= 15 is 0 Å². The molecule has 94 valence electrons. The molecule has 0 aromatic rings. The molecule has 0 saturated heterocycles. The zero-order valence-corrected chi connectivity index (χ0v) is 11.5. The van der Waals surface area contributed by atoms with E-state index < -0.39 is 5.60 Å². The molecular weight excluding hydrogens is 224 g/mol. The minimum absolute atomic E-state index is 0.259. The van der Waals surface area contributed by atoms with Crippen LogP contribution in [0.15, 0.2) is 0 Å². The van der Waals surface area contributed by atoms with Crippen LogP contribution in [-0.2, 0) is 4.74 Å². The molecule has 5 heteroatoms. The third-order valence-electron chi connectivity index (χ3n) is 1.94. The van der Waals surface area contributed by atoms with Crippen LogP contribution in [0.4, 0.5) is 4.79 Å². The van der Waals surface area contributed by atoms with E-state index in [0.29, 0.717) is 6.54 Å². The number of nitrogens with one attached hydrogen (secondary N) is 2. The largest absolute Gasteiger partial charge is 0.444 e. The molecule has 0 bridgehead atoms. The van der Waals surface area contributed by atoms with Gasteiger partial charge in [-0.05, 0) is 27.2 Å². The molecule has 0 fully saturated rings. The van der Waals surface area contributed by atoms with Gasteiger partial charge in [0, 0.05) is 19.5 Å². The number of alkyl carbamates (subject to hydrolysis) is 1. The number of ether oxygens (including phenoxy) is 1. The summed E-state index contributed by atoms with van der Waals surface area (Å²) >= 11 is 5.09. The van der Waals surface area contributed by atoms with Crippen molar-refractivity contribution in [2.75, 3.05) is 13.6 Å². The van der Waals surface area contributed by atoms with Crippen molar-refractivity contribution in [1.82, 2.24) is 10.6 Å². The molecule has 1 atom stereocenters. The van der Waals surface area contributed by atoms with Crippen molar-refractivity contribution in [1.29, 1.82) is 0 Å². The average Bonchev–Trinajstić information content (AvgIpc) is 2.13. The van der Waals surface area contributed by atoms with Crippen LogP contribution >= 0.6 is 12.2 Å². The number of amides is 1. The van der Waals surface area contributed by atoms with Crippen LogP contribution in [0.2, 0.25) is 0 Å². The van der Waals surface area contributed by atoms with Crippen molar-refractivity contribution in [3.63, 3.8) is 0 Å². The van der Waals surface area contributed by atoms with E-state index in [1.165, 1.54) is 0 Å². The zero-order valence-electron chi connectivity index (χ0n) is 10.7. The predicted octanol–water partition coefficient (Wildman–Crippen LogP) is 2.08. The summed E-state index contributed by atoms with van der Waals surface area (Å²) in [5.41, 5.74) is -0.448. The number of carbonyl (C=O) groups excluding carboxylic acids is 1. The van der Waals surface area contributed by atoms with Crippen LogP contribution < -0.4 is 10.6 Å². The van der Waals surface area contributed by atoms with Crippen molar-refractivity contribution in [2.45, 2.75) is 39.7 Å². The molecule has 0 saturated carbocycles. The molecule has 2 N–H and O–H groups in total. The maximum Gasteiger partial charge on any atom is 0.407 e. The topological polar surface area (TPSA) is 50.4 Å². The molecule has 0 aliphatic carbocycles. The smallest absolute Gasteiger partial charge is 0.407 e. The van der Waals surface area contributed by atoms with Crippen LogP contribution in [0.25, 0.3) is 0 Å². The van der Waals surface area contributed by atoms with Gasteiger partial charge in [-0.3, -0.25) is 0 Å². The third kappa shape index (κ3) is 7.45. The highest BCUT2D eigenvalue weighted by Crippen LogP contribution is 2.07. The van der Waals surface area contributed by atoms with Gasteiger partial charge in [0.05, 0.1) is 4.99 Å². The van der Waals surface area contributed by atoms with Gasteiger partial charge in [0.15, 0.2) is 0 Å². The Bertz CT molecular complexity index is 249. The van der Waals surface area contributed by atoms with E-state index in [1.807, 2.05) is 27.7 Å². The van der Waals surface area contributed by atoms with Gasteiger partial charge in [-0.1, -0.05) is 19.1 Å². The minimum atomic E-state index is -0.448. The maximum absolute atomic E-state index is 11.3. The lowest BCUT2D eigenvalue weighted by molar-refractivity contribution is 0.0526. The van der Waals surface area contributed by atoms with Crippen molar-refractivity contribution in [3.8, 4) is 0 Å². The summed E-state index contributed by atoms with van der Waals surface area (Å²) in [5.74, 6) is 0.259. The SMILES string of the molecule is CNC(=S)[C@@H](C)CCNC(=O)OC(C)(C)C. The fraction of sp³-hybridized carbons (Fsp3) is 0.818. The Morgan fingerprint density at radius 3 is 2.44 bits per heavy atom. The van der Waals surface area contributed by atoms with E-state index in [1.54, 1.807) is 7.05 Å². The molecule has 0 rings (SSSR count). The average molecular weight is 246 g/mol. The summed E-state index contributed by atoms with van der Waals surface area (Å²) in [5, 5.41) is 5.63. The molecular formula is C11H22N2O2S. The predicted molar refractivity (Wildman–Crippen MR) is 69.7 cm³/mol. The van der Waals surface area contributed by atoms with Crippen molar-refractivity contribution < 1.29 is 9.53 Å². The van der Waals surface area contributed by atoms with E-state index in [-0.39, 0.29) is 12.0 Å². The van der Waals surface area contributed by atoms with Gasteiger partial charge >= 0.3 is 6.09 Å². The molecule has 0 spiro atoms. The third-order valence-corrected chi connectivity index (χ3v) is 2.55. The molecule has 0 radical (unpaired) electrons. The van der Waals surface area contributed by atoms with Gasteiger partial charge in [0.1, 0.15) is 5.60 Å². The second-order valence-electron chi connectivity index (χ2n) is 4.73. The highest BCUT2D eigenvalue weighted by molar-refractivity contribution is 7.80. The van der Waals surface area contributed by atoms with Crippen molar-refractivity contribution in [3.05, 3.63) is 0 Å². The first-order valence-electron chi connectivity index (χ1n) is 5.44. The number of thiocarbonyl (C=S) groups is 1. The normalized spacial score (nSPS) is 12.8. The number of hydrogen-bond acceptors (Lipinski definition) is 3. The van der Waals surface area contributed by atoms with Crippen molar-refractivity contribution in [2.24, 2.45) is 5.92 Å². The molecule has 0 unspecified atom stereocenters. The first-order valence-corrected chi connectivity index (χ1v) is 5.85. The number of carbonyl (C=O) groups is 1. The van der Waals surface area contributed by atoms with Gasteiger partial charge in [-0.2, -0.15) is 0 Å². The Balaban J connectivity index is 3.74. The van der Waals surface area contributed by atoms with Crippen molar-refractivity contribution >= 4 is 23.3 Å². The Morgan fingerprint density at radius 1 is 1.44 bits per heavy atom. The zero-order chi connectivity index (χ0) is 12.8. The molecule has 0 heterocycles. The Hall–Kier alpha value is -0.840. The van der Waals surface area contributed by atoms with E-state index in [9.17, 15) is 4.79 Å². The quantitative estimate of drug-likeness (QED) is 0.746. The maximum atomic E-state index is 11.3. The summed E-state index contributed by atoms with van der Waals surface area (Å²) in [6.07, 6.45) is 0.425. The van der Waals surface area contributed by atoms with Gasteiger partial charge < -0.3 is 15.4 Å². The second kappa shape index (κ2) is 6.68. The minimum Gasteiger partial charge on any atom is -0.444 e. The summed E-state index contributed by atoms with van der Waals surface area (Å²) in [4.78, 5) is 12.1. The lowest BCUT2D eigenvalue weighted by atomic mass is 10.1. The van der Waals surface area contributed by atoms with E-state index in [4.69, 9.17) is 17.0 Å². The molecule has 1 amide bonds. The fourth-order valence-corrected chi connectivity index (χ4v) is 1.20. The van der Waals surface area contributed by atoms with Gasteiger partial charge in [0.25, 0.3) is 0 Å². The first kappa shape index (κ1) is 15.2. The first-order chi connectivity index (χ1) is 7.26. The molecule has 0 aromatic carbocycles. The number of rotatable bonds is 4. The van der Waals surface area contributed by atoms with Gasteiger partial charge in [0.2, 0.25) is 0 Å². The van der Waals surface area contributed by atoms with Gasteiger partial charge in [-0.25, -0.2) is 4.79 Å².